The van der Waals surface area contributed by atoms with Gasteiger partial charge in [-0.3, -0.25) is 0 Å². The summed E-state index contributed by atoms with van der Waals surface area (Å²) in [5.41, 5.74) is 3.55. The molecule has 1 aromatic carbocycles. The largest absolute Gasteiger partial charge is 0.489 e. The molecule has 1 heterocycles. The van der Waals surface area contributed by atoms with Gasteiger partial charge in [-0.05, 0) is 50.1 Å². The standard InChI is InChI=1S/C15H20ClNO/c1-11(2)10-18-15-5-4-14(16)12-6-8-17(3)9-7-13(12)15/h4-5H,1,6-10H2,2-3H3. The SMILES string of the molecule is C=C(C)COc1ccc(Cl)c2c1CCN(C)CC2. The maximum absolute atomic E-state index is 6.31. The molecule has 0 aromatic heterocycles. The summed E-state index contributed by atoms with van der Waals surface area (Å²) < 4.78 is 5.83. The predicted molar refractivity (Wildman–Crippen MR) is 76.7 cm³/mol. The Hall–Kier alpha value is -0.990. The molecule has 1 aliphatic rings. The number of likely N-dealkylation sites (N-methyl/N-ethyl adjacent to an activating group) is 1. The number of halogens is 1. The van der Waals surface area contributed by atoms with Crippen LogP contribution in [0.3, 0.4) is 0 Å². The van der Waals surface area contributed by atoms with Crippen LogP contribution in [0.5, 0.6) is 5.75 Å². The fourth-order valence-electron chi connectivity index (χ4n) is 2.24. The lowest BCUT2D eigenvalue weighted by Gasteiger charge is -2.15. The zero-order valence-corrected chi connectivity index (χ0v) is 11.9. The number of ether oxygens (including phenoxy) is 1. The van der Waals surface area contributed by atoms with E-state index in [-0.39, 0.29) is 0 Å². The number of hydrogen-bond acceptors (Lipinski definition) is 2. The Balaban J connectivity index is 2.29. The van der Waals surface area contributed by atoms with Crippen molar-refractivity contribution >= 4 is 11.6 Å². The highest BCUT2D eigenvalue weighted by atomic mass is 35.5. The molecular weight excluding hydrogens is 246 g/mol. The Kier molecular flexibility index (Phi) is 4.31. The Morgan fingerprint density at radius 3 is 2.67 bits per heavy atom. The van der Waals surface area contributed by atoms with Crippen LogP contribution in [0.1, 0.15) is 18.1 Å². The minimum Gasteiger partial charge on any atom is -0.489 e. The summed E-state index contributed by atoms with van der Waals surface area (Å²) in [6.45, 7) is 8.52. The topological polar surface area (TPSA) is 12.5 Å². The third-order valence-corrected chi connectivity index (χ3v) is 3.65. The number of rotatable bonds is 3. The van der Waals surface area contributed by atoms with Crippen LogP contribution in [0.15, 0.2) is 24.3 Å². The fraction of sp³-hybridized carbons (Fsp3) is 0.467. The van der Waals surface area contributed by atoms with Gasteiger partial charge in [0.15, 0.2) is 0 Å². The highest BCUT2D eigenvalue weighted by Gasteiger charge is 2.17. The Bertz CT molecular complexity index is 456. The van der Waals surface area contributed by atoms with Crippen LogP contribution < -0.4 is 4.74 Å². The lowest BCUT2D eigenvalue weighted by molar-refractivity contribution is 0.339. The highest BCUT2D eigenvalue weighted by Crippen LogP contribution is 2.31. The average molecular weight is 266 g/mol. The molecule has 2 rings (SSSR count). The van der Waals surface area contributed by atoms with Crippen LogP contribution in [-0.2, 0) is 12.8 Å². The first-order valence-electron chi connectivity index (χ1n) is 6.34. The maximum atomic E-state index is 6.31. The first-order chi connectivity index (χ1) is 8.58. The van der Waals surface area contributed by atoms with Crippen LogP contribution in [0, 0.1) is 0 Å². The van der Waals surface area contributed by atoms with Gasteiger partial charge in [0.25, 0.3) is 0 Å². The first-order valence-corrected chi connectivity index (χ1v) is 6.71. The van der Waals surface area contributed by atoms with Crippen LogP contribution in [-0.4, -0.2) is 31.6 Å². The van der Waals surface area contributed by atoms with Gasteiger partial charge >= 0.3 is 0 Å². The van der Waals surface area contributed by atoms with E-state index in [2.05, 4.69) is 18.5 Å². The van der Waals surface area contributed by atoms with Crippen LogP contribution in [0.2, 0.25) is 5.02 Å². The molecule has 0 saturated heterocycles. The summed E-state index contributed by atoms with van der Waals surface area (Å²) in [7, 11) is 2.15. The minimum atomic E-state index is 0.573. The third-order valence-electron chi connectivity index (χ3n) is 3.29. The van der Waals surface area contributed by atoms with Crippen molar-refractivity contribution in [2.24, 2.45) is 0 Å². The van der Waals surface area contributed by atoms with E-state index in [1.165, 1.54) is 11.1 Å². The number of fused-ring (bicyclic) bond motifs is 1. The van der Waals surface area contributed by atoms with E-state index in [9.17, 15) is 0 Å². The second kappa shape index (κ2) is 5.77. The summed E-state index contributed by atoms with van der Waals surface area (Å²) in [4.78, 5) is 2.33. The Morgan fingerprint density at radius 1 is 1.33 bits per heavy atom. The molecule has 98 valence electrons. The van der Waals surface area contributed by atoms with E-state index >= 15 is 0 Å². The zero-order valence-electron chi connectivity index (χ0n) is 11.1. The molecule has 0 aliphatic carbocycles. The lowest BCUT2D eigenvalue weighted by atomic mass is 10.0. The quantitative estimate of drug-likeness (QED) is 0.778. The molecule has 0 saturated carbocycles. The molecule has 0 fully saturated rings. The van der Waals surface area contributed by atoms with Gasteiger partial charge in [-0.25, -0.2) is 0 Å². The summed E-state index contributed by atoms with van der Waals surface area (Å²) >= 11 is 6.31. The predicted octanol–water partition coefficient (Wildman–Crippen LogP) is 3.33. The van der Waals surface area contributed by atoms with Gasteiger partial charge in [0.2, 0.25) is 0 Å². The number of hydrogen-bond donors (Lipinski definition) is 0. The number of nitrogens with zero attached hydrogens (tertiary/aromatic N) is 1. The molecule has 1 aliphatic heterocycles. The van der Waals surface area contributed by atoms with E-state index in [1.54, 1.807) is 0 Å². The van der Waals surface area contributed by atoms with Crippen LogP contribution >= 0.6 is 11.6 Å². The summed E-state index contributed by atoms with van der Waals surface area (Å²) in [5.74, 6) is 0.965. The van der Waals surface area contributed by atoms with Gasteiger partial charge in [0.05, 0.1) is 0 Å². The first kappa shape index (κ1) is 13.4. The van der Waals surface area contributed by atoms with Crippen molar-refractivity contribution in [2.75, 3.05) is 26.7 Å². The molecule has 3 heteroatoms. The molecule has 0 amide bonds. The molecular formula is C15H20ClNO. The fourth-order valence-corrected chi connectivity index (χ4v) is 2.51. The van der Waals surface area contributed by atoms with E-state index in [1.807, 2.05) is 19.1 Å². The van der Waals surface area contributed by atoms with Gasteiger partial charge < -0.3 is 9.64 Å². The Morgan fingerprint density at radius 2 is 2.00 bits per heavy atom. The maximum Gasteiger partial charge on any atom is 0.123 e. The summed E-state index contributed by atoms with van der Waals surface area (Å²) in [6, 6.07) is 3.93. The van der Waals surface area contributed by atoms with E-state index in [0.29, 0.717) is 6.61 Å². The Labute approximate surface area is 114 Å². The van der Waals surface area contributed by atoms with Crippen LogP contribution in [0.25, 0.3) is 0 Å². The van der Waals surface area contributed by atoms with E-state index in [4.69, 9.17) is 16.3 Å². The van der Waals surface area contributed by atoms with Crippen molar-refractivity contribution < 1.29 is 4.74 Å². The highest BCUT2D eigenvalue weighted by molar-refractivity contribution is 6.31. The minimum absolute atomic E-state index is 0.573. The molecule has 0 radical (unpaired) electrons. The van der Waals surface area contributed by atoms with Gasteiger partial charge in [0, 0.05) is 23.7 Å². The van der Waals surface area contributed by atoms with Crippen molar-refractivity contribution in [3.05, 3.63) is 40.4 Å². The van der Waals surface area contributed by atoms with Crippen molar-refractivity contribution in [1.29, 1.82) is 0 Å². The van der Waals surface area contributed by atoms with E-state index < -0.39 is 0 Å². The van der Waals surface area contributed by atoms with Crippen LogP contribution in [0.4, 0.5) is 0 Å². The molecule has 0 atom stereocenters. The monoisotopic (exact) mass is 265 g/mol. The average Bonchev–Trinajstić information content (AvgIpc) is 2.52. The van der Waals surface area contributed by atoms with Crippen molar-refractivity contribution in [1.82, 2.24) is 4.90 Å². The van der Waals surface area contributed by atoms with Gasteiger partial charge in [-0.1, -0.05) is 18.2 Å². The molecule has 0 unspecified atom stereocenters. The van der Waals surface area contributed by atoms with E-state index in [0.717, 1.165) is 42.3 Å². The lowest BCUT2D eigenvalue weighted by Crippen LogP contribution is -2.20. The normalized spacial score (nSPS) is 15.9. The smallest absolute Gasteiger partial charge is 0.123 e. The van der Waals surface area contributed by atoms with Crippen molar-refractivity contribution in [3.63, 3.8) is 0 Å². The molecule has 18 heavy (non-hydrogen) atoms. The van der Waals surface area contributed by atoms with Gasteiger partial charge in [-0.15, -0.1) is 0 Å². The summed E-state index contributed by atoms with van der Waals surface area (Å²) in [6.07, 6.45) is 1.99. The second-order valence-corrected chi connectivity index (χ2v) is 5.46. The zero-order chi connectivity index (χ0) is 13.1. The third kappa shape index (κ3) is 3.06. The molecule has 0 bridgehead atoms. The second-order valence-electron chi connectivity index (χ2n) is 5.05. The number of benzene rings is 1. The summed E-state index contributed by atoms with van der Waals surface area (Å²) in [5, 5.41) is 0.864. The molecule has 0 N–H and O–H groups in total. The van der Waals surface area contributed by atoms with Crippen molar-refractivity contribution in [3.8, 4) is 5.75 Å². The molecule has 0 spiro atoms. The van der Waals surface area contributed by atoms with Crippen molar-refractivity contribution in [2.45, 2.75) is 19.8 Å². The van der Waals surface area contributed by atoms with Gasteiger partial charge in [-0.2, -0.15) is 0 Å². The van der Waals surface area contributed by atoms with Gasteiger partial charge in [0.1, 0.15) is 12.4 Å². The molecule has 1 aromatic rings. The molecule has 2 nitrogen and oxygen atoms in total.